The predicted octanol–water partition coefficient (Wildman–Crippen LogP) is 5.31. The quantitative estimate of drug-likeness (QED) is 0.371. The Kier molecular flexibility index (Phi) is 5.40. The zero-order valence-corrected chi connectivity index (χ0v) is 17.7. The summed E-state index contributed by atoms with van der Waals surface area (Å²) in [6.45, 7) is 1.87. The van der Waals surface area contributed by atoms with E-state index >= 15 is 0 Å². The van der Waals surface area contributed by atoms with Crippen LogP contribution in [0.4, 0.5) is 11.4 Å². The van der Waals surface area contributed by atoms with E-state index in [4.69, 9.17) is 23.2 Å². The highest BCUT2D eigenvalue weighted by atomic mass is 35.5. The second-order valence-electron chi connectivity index (χ2n) is 7.37. The molecule has 0 saturated heterocycles. The summed E-state index contributed by atoms with van der Waals surface area (Å²) < 4.78 is 0. The van der Waals surface area contributed by atoms with Crippen molar-refractivity contribution in [3.63, 3.8) is 0 Å². The number of hydrogen-bond acceptors (Lipinski definition) is 5. The van der Waals surface area contributed by atoms with Crippen molar-refractivity contribution in [2.75, 3.05) is 5.32 Å². The van der Waals surface area contributed by atoms with E-state index < -0.39 is 16.9 Å². The number of carboxylic acids is 1. The van der Waals surface area contributed by atoms with Crippen LogP contribution in [0, 0.1) is 23.0 Å². The number of rotatable bonds is 4. The van der Waals surface area contributed by atoms with E-state index in [2.05, 4.69) is 5.32 Å². The van der Waals surface area contributed by atoms with Crippen molar-refractivity contribution in [3.8, 4) is 0 Å². The molecule has 1 fully saturated rings. The molecule has 9 heteroatoms. The Labute approximate surface area is 181 Å². The third-order valence-corrected chi connectivity index (χ3v) is 8.32. The van der Waals surface area contributed by atoms with Crippen LogP contribution in [0.25, 0.3) is 0 Å². The van der Waals surface area contributed by atoms with E-state index in [1.165, 1.54) is 17.8 Å². The number of nitro benzene ring substituents is 1. The number of nitrogens with one attached hydrogen (secondary N) is 1. The molecule has 1 heterocycles. The molecule has 0 unspecified atom stereocenters. The summed E-state index contributed by atoms with van der Waals surface area (Å²) in [5.74, 6) is -1.39. The molecule has 0 spiro atoms. The Morgan fingerprint density at radius 2 is 2.03 bits per heavy atom. The van der Waals surface area contributed by atoms with Gasteiger partial charge in [-0.25, -0.2) is 4.79 Å². The van der Waals surface area contributed by atoms with Gasteiger partial charge in [0.15, 0.2) is 0 Å². The summed E-state index contributed by atoms with van der Waals surface area (Å²) in [5.41, 5.74) is 2.43. The monoisotopic (exact) mass is 452 g/mol. The number of carboxylic acid groups (broad SMARTS) is 1. The Balaban J connectivity index is 1.72. The normalized spacial score (nSPS) is 27.6. The van der Waals surface area contributed by atoms with Gasteiger partial charge in [-0.15, -0.1) is 23.4 Å². The molecule has 1 aliphatic carbocycles. The van der Waals surface area contributed by atoms with Crippen LogP contribution in [0.3, 0.4) is 0 Å². The van der Waals surface area contributed by atoms with Crippen LogP contribution in [0.1, 0.15) is 23.5 Å². The SMILES string of the molecule is Cc1ccc2c(c1Cl)N[C@H](C(=O)O)[C@@H]1C[C@H](Sc3ccccc3[N+](=O)[O-])[C@H](Cl)[C@@H]21. The van der Waals surface area contributed by atoms with Gasteiger partial charge in [0, 0.05) is 17.2 Å². The number of anilines is 1. The van der Waals surface area contributed by atoms with E-state index in [0.717, 1.165) is 11.1 Å². The molecule has 2 aromatic carbocycles. The molecule has 152 valence electrons. The first-order valence-corrected chi connectivity index (χ1v) is 10.8. The molecule has 5 atom stereocenters. The number of aliphatic carboxylic acids is 1. The molecule has 2 aromatic rings. The maximum absolute atomic E-state index is 12.0. The Morgan fingerprint density at radius 1 is 1.31 bits per heavy atom. The summed E-state index contributed by atoms with van der Waals surface area (Å²) in [4.78, 5) is 23.5. The number of aryl methyl sites for hydroxylation is 1. The fourth-order valence-electron chi connectivity index (χ4n) is 4.37. The number of carbonyl (C=O) groups is 1. The van der Waals surface area contributed by atoms with Gasteiger partial charge in [0.1, 0.15) is 6.04 Å². The lowest BCUT2D eigenvalue weighted by atomic mass is 9.79. The molecule has 4 rings (SSSR count). The smallest absolute Gasteiger partial charge is 0.326 e. The molecular formula is C20H18Cl2N2O4S. The molecule has 6 nitrogen and oxygen atoms in total. The van der Waals surface area contributed by atoms with Gasteiger partial charge in [0.05, 0.1) is 25.9 Å². The molecule has 0 bridgehead atoms. The van der Waals surface area contributed by atoms with Crippen molar-refractivity contribution in [3.05, 3.63) is 62.7 Å². The van der Waals surface area contributed by atoms with E-state index in [9.17, 15) is 20.0 Å². The molecule has 2 N–H and O–H groups in total. The van der Waals surface area contributed by atoms with Gasteiger partial charge in [-0.05, 0) is 36.5 Å². The topological polar surface area (TPSA) is 92.5 Å². The molecular weight excluding hydrogens is 435 g/mol. The van der Waals surface area contributed by atoms with Gasteiger partial charge in [-0.3, -0.25) is 10.1 Å². The molecule has 0 radical (unpaired) electrons. The number of benzene rings is 2. The number of para-hydroxylation sites is 1. The zero-order valence-electron chi connectivity index (χ0n) is 15.3. The third kappa shape index (κ3) is 3.45. The number of alkyl halides is 1. The largest absolute Gasteiger partial charge is 0.480 e. The first-order valence-electron chi connectivity index (χ1n) is 9.12. The maximum Gasteiger partial charge on any atom is 0.326 e. The average molecular weight is 453 g/mol. The number of hydrogen-bond donors (Lipinski definition) is 2. The molecule has 2 aliphatic rings. The summed E-state index contributed by atoms with van der Waals surface area (Å²) in [5, 5.41) is 24.2. The van der Waals surface area contributed by atoms with Crippen LogP contribution in [0.5, 0.6) is 0 Å². The van der Waals surface area contributed by atoms with Gasteiger partial charge in [-0.2, -0.15) is 0 Å². The van der Waals surface area contributed by atoms with Crippen molar-refractivity contribution in [1.29, 1.82) is 0 Å². The second-order valence-corrected chi connectivity index (χ2v) is 9.53. The summed E-state index contributed by atoms with van der Waals surface area (Å²) >= 11 is 14.7. The van der Waals surface area contributed by atoms with Gasteiger partial charge >= 0.3 is 5.97 Å². The molecule has 0 aromatic heterocycles. The van der Waals surface area contributed by atoms with E-state index in [1.54, 1.807) is 18.2 Å². The van der Waals surface area contributed by atoms with Gasteiger partial charge in [0.25, 0.3) is 5.69 Å². The Bertz CT molecular complexity index is 1000. The van der Waals surface area contributed by atoms with Crippen LogP contribution in [0.2, 0.25) is 5.02 Å². The Hall–Kier alpha value is -1.96. The highest BCUT2D eigenvalue weighted by Gasteiger charge is 2.52. The fourth-order valence-corrected chi connectivity index (χ4v) is 6.54. The van der Waals surface area contributed by atoms with Crippen LogP contribution >= 0.6 is 35.0 Å². The van der Waals surface area contributed by atoms with Gasteiger partial charge < -0.3 is 10.4 Å². The van der Waals surface area contributed by atoms with Gasteiger partial charge in [-0.1, -0.05) is 35.9 Å². The molecule has 0 amide bonds. The van der Waals surface area contributed by atoms with Crippen molar-refractivity contribution in [1.82, 2.24) is 0 Å². The standard InChI is InChI=1S/C20H18Cl2N2O4S/c1-9-6-7-10-15-11(19(20(25)26)23-18(10)16(9)21)8-14(17(15)22)29-13-5-3-2-4-12(13)24(27)28/h2-7,11,14-15,17,19,23H,8H2,1H3,(H,25,26)/t11-,14+,15+,17+,19+/m1/s1. The van der Waals surface area contributed by atoms with Crippen LogP contribution in [-0.4, -0.2) is 32.7 Å². The van der Waals surface area contributed by atoms with Crippen molar-refractivity contribution in [2.24, 2.45) is 5.92 Å². The summed E-state index contributed by atoms with van der Waals surface area (Å²) in [7, 11) is 0. The number of thioether (sulfide) groups is 1. The van der Waals surface area contributed by atoms with Gasteiger partial charge in [0.2, 0.25) is 0 Å². The highest BCUT2D eigenvalue weighted by molar-refractivity contribution is 8.00. The first kappa shape index (κ1) is 20.3. The van der Waals surface area contributed by atoms with Crippen molar-refractivity contribution >= 4 is 52.3 Å². The highest BCUT2D eigenvalue weighted by Crippen LogP contribution is 2.56. The van der Waals surface area contributed by atoms with Crippen LogP contribution in [0.15, 0.2) is 41.3 Å². The second kappa shape index (κ2) is 7.70. The lowest BCUT2D eigenvalue weighted by molar-refractivity contribution is -0.387. The van der Waals surface area contributed by atoms with Crippen LogP contribution in [-0.2, 0) is 4.79 Å². The fraction of sp³-hybridized carbons (Fsp3) is 0.350. The number of fused-ring (bicyclic) bond motifs is 3. The molecule has 1 aliphatic heterocycles. The third-order valence-electron chi connectivity index (χ3n) is 5.72. The first-order chi connectivity index (χ1) is 13.8. The predicted molar refractivity (Wildman–Crippen MR) is 114 cm³/mol. The van der Waals surface area contributed by atoms with E-state index in [1.807, 2.05) is 19.1 Å². The minimum Gasteiger partial charge on any atom is -0.480 e. The summed E-state index contributed by atoms with van der Waals surface area (Å²) in [6.07, 6.45) is 0.532. The number of nitro groups is 1. The van der Waals surface area contributed by atoms with Crippen molar-refractivity contribution < 1.29 is 14.8 Å². The van der Waals surface area contributed by atoms with E-state index in [0.29, 0.717) is 22.0 Å². The minimum atomic E-state index is -0.955. The Morgan fingerprint density at radius 3 is 2.72 bits per heavy atom. The maximum atomic E-state index is 12.0. The summed E-state index contributed by atoms with van der Waals surface area (Å²) in [6, 6.07) is 9.59. The lowest BCUT2D eigenvalue weighted by Gasteiger charge is -2.36. The zero-order chi connectivity index (χ0) is 20.9. The minimum absolute atomic E-state index is 0.0308. The average Bonchev–Trinajstić information content (AvgIpc) is 3.00. The molecule has 1 saturated carbocycles. The number of halogens is 2. The lowest BCUT2D eigenvalue weighted by Crippen LogP contribution is -2.42. The number of nitrogens with zero attached hydrogens (tertiary/aromatic N) is 1. The molecule has 29 heavy (non-hydrogen) atoms. The van der Waals surface area contributed by atoms with Crippen molar-refractivity contribution in [2.45, 2.75) is 40.8 Å². The van der Waals surface area contributed by atoms with E-state index in [-0.39, 0.29) is 28.2 Å². The van der Waals surface area contributed by atoms with Crippen LogP contribution < -0.4 is 5.32 Å².